The molecule has 0 aliphatic rings. The van der Waals surface area contributed by atoms with E-state index >= 15 is 0 Å². The van der Waals surface area contributed by atoms with Crippen LogP contribution in [0.5, 0.6) is 0 Å². The third-order valence-electron chi connectivity index (χ3n) is 6.41. The largest absolute Gasteiger partial charge is 0.481 e. The number of rotatable bonds is 25. The zero-order valence-corrected chi connectivity index (χ0v) is 22.5. The summed E-state index contributed by atoms with van der Waals surface area (Å²) in [4.78, 5) is 47.6. The number of carboxylic acid groups (broad SMARTS) is 1. The Morgan fingerprint density at radius 1 is 0.667 bits per heavy atom. The Hall–Kier alpha value is -2.16. The molecule has 3 amide bonds. The van der Waals surface area contributed by atoms with E-state index in [1.54, 1.807) is 0 Å². The van der Waals surface area contributed by atoms with Crippen molar-refractivity contribution in [3.8, 4) is 0 Å². The van der Waals surface area contributed by atoms with E-state index in [4.69, 9.17) is 16.6 Å². The summed E-state index contributed by atoms with van der Waals surface area (Å²) in [7, 11) is 0. The van der Waals surface area contributed by atoms with Gasteiger partial charge in [-0.2, -0.15) is 0 Å². The van der Waals surface area contributed by atoms with E-state index in [0.29, 0.717) is 32.2 Å². The van der Waals surface area contributed by atoms with Gasteiger partial charge >= 0.3 is 5.97 Å². The Morgan fingerprint density at radius 2 is 1.19 bits per heavy atom. The van der Waals surface area contributed by atoms with Crippen molar-refractivity contribution in [2.75, 3.05) is 6.54 Å². The van der Waals surface area contributed by atoms with E-state index in [2.05, 4.69) is 17.6 Å². The molecule has 7 N–H and O–H groups in total. The van der Waals surface area contributed by atoms with Gasteiger partial charge in [-0.05, 0) is 38.6 Å². The molecule has 0 rings (SSSR count). The van der Waals surface area contributed by atoms with Gasteiger partial charge in [0.05, 0.1) is 0 Å². The first-order chi connectivity index (χ1) is 17.3. The number of carbonyl (C=O) groups excluding carboxylic acids is 3. The fourth-order valence-electron chi connectivity index (χ4n) is 4.16. The quantitative estimate of drug-likeness (QED) is 0.116. The summed E-state index contributed by atoms with van der Waals surface area (Å²) in [5, 5.41) is 14.1. The highest BCUT2D eigenvalue weighted by molar-refractivity contribution is 5.91. The Bertz CT molecular complexity index is 615. The second-order valence-electron chi connectivity index (χ2n) is 9.79. The summed E-state index contributed by atoms with van der Waals surface area (Å²) in [6.45, 7) is 2.72. The van der Waals surface area contributed by atoms with Crippen LogP contribution in [0.4, 0.5) is 0 Å². The van der Waals surface area contributed by atoms with Crippen LogP contribution in [-0.2, 0) is 19.2 Å². The van der Waals surface area contributed by atoms with Crippen LogP contribution in [0.3, 0.4) is 0 Å². The average molecular weight is 513 g/mol. The topological polar surface area (TPSA) is 165 Å². The number of hydrogen-bond donors (Lipinski definition) is 5. The van der Waals surface area contributed by atoms with Gasteiger partial charge in [0.1, 0.15) is 12.1 Å². The Balaban J connectivity index is 4.23. The van der Waals surface area contributed by atoms with Gasteiger partial charge in [0.15, 0.2) is 0 Å². The van der Waals surface area contributed by atoms with Crippen molar-refractivity contribution in [3.63, 3.8) is 0 Å². The van der Waals surface area contributed by atoms with Crippen molar-refractivity contribution in [2.24, 2.45) is 11.5 Å². The lowest BCUT2D eigenvalue weighted by atomic mass is 10.0. The molecule has 0 aromatic heterocycles. The van der Waals surface area contributed by atoms with E-state index in [1.165, 1.54) is 64.2 Å². The van der Waals surface area contributed by atoms with E-state index in [0.717, 1.165) is 19.3 Å². The second-order valence-corrected chi connectivity index (χ2v) is 9.79. The summed E-state index contributed by atoms with van der Waals surface area (Å²) < 4.78 is 0. The molecule has 0 aliphatic heterocycles. The lowest BCUT2D eigenvalue weighted by molar-refractivity contribution is -0.137. The molecule has 0 spiro atoms. The zero-order chi connectivity index (χ0) is 27.0. The third-order valence-corrected chi connectivity index (χ3v) is 6.41. The summed E-state index contributed by atoms with van der Waals surface area (Å²) in [6.07, 6.45) is 17.6. The van der Waals surface area contributed by atoms with Crippen LogP contribution in [0.25, 0.3) is 0 Å². The number of nitrogens with two attached hydrogens (primary N) is 2. The molecule has 9 heteroatoms. The van der Waals surface area contributed by atoms with Gasteiger partial charge < -0.3 is 27.2 Å². The number of amides is 3. The molecule has 36 heavy (non-hydrogen) atoms. The van der Waals surface area contributed by atoms with Crippen molar-refractivity contribution in [2.45, 2.75) is 141 Å². The maximum atomic E-state index is 12.7. The number of hydrogen-bond acceptors (Lipinski definition) is 5. The molecule has 9 nitrogen and oxygen atoms in total. The van der Waals surface area contributed by atoms with Gasteiger partial charge in [0.25, 0.3) is 0 Å². The summed E-state index contributed by atoms with van der Waals surface area (Å²) in [5.74, 6) is -2.61. The van der Waals surface area contributed by atoms with Crippen molar-refractivity contribution < 1.29 is 24.3 Å². The SMILES string of the molecule is CCCCCCCCCCCCCCCC(=O)N[C@@H](CCCCN)C(=O)N[C@@H](CCC(=O)O)C(N)=O. The van der Waals surface area contributed by atoms with Gasteiger partial charge in [-0.3, -0.25) is 19.2 Å². The molecule has 0 aliphatic carbocycles. The predicted octanol–water partition coefficient (Wildman–Crippen LogP) is 3.92. The molecule has 0 bridgehead atoms. The molecule has 210 valence electrons. The lowest BCUT2D eigenvalue weighted by Crippen LogP contribution is -2.53. The number of unbranched alkanes of at least 4 members (excludes halogenated alkanes) is 13. The Labute approximate surface area is 217 Å². The highest BCUT2D eigenvalue weighted by atomic mass is 16.4. The van der Waals surface area contributed by atoms with Crippen molar-refractivity contribution in [3.05, 3.63) is 0 Å². The molecule has 2 atom stereocenters. The number of aliphatic carboxylic acids is 1. The normalized spacial score (nSPS) is 12.6. The minimum Gasteiger partial charge on any atom is -0.481 e. The van der Waals surface area contributed by atoms with Gasteiger partial charge in [0.2, 0.25) is 17.7 Å². The number of nitrogens with one attached hydrogen (secondary N) is 2. The lowest BCUT2D eigenvalue weighted by Gasteiger charge is -2.22. The van der Waals surface area contributed by atoms with Gasteiger partial charge in [-0.1, -0.05) is 84.0 Å². The number of carbonyl (C=O) groups is 4. The first-order valence-electron chi connectivity index (χ1n) is 14.1. The van der Waals surface area contributed by atoms with E-state index in [-0.39, 0.29) is 18.7 Å². The molecule has 0 radical (unpaired) electrons. The molecule has 0 aromatic carbocycles. The maximum absolute atomic E-state index is 12.7. The van der Waals surface area contributed by atoms with Crippen LogP contribution >= 0.6 is 0 Å². The van der Waals surface area contributed by atoms with Gasteiger partial charge in [-0.25, -0.2) is 0 Å². The Morgan fingerprint density at radius 3 is 1.67 bits per heavy atom. The fourth-order valence-corrected chi connectivity index (χ4v) is 4.16. The van der Waals surface area contributed by atoms with Crippen LogP contribution in [0, 0.1) is 0 Å². The van der Waals surface area contributed by atoms with Crippen LogP contribution in [0.1, 0.15) is 129 Å². The van der Waals surface area contributed by atoms with E-state index in [1.807, 2.05) is 0 Å². The molecular weight excluding hydrogens is 460 g/mol. The molecule has 0 heterocycles. The molecular formula is C27H52N4O5. The fraction of sp³-hybridized carbons (Fsp3) is 0.852. The van der Waals surface area contributed by atoms with Crippen molar-refractivity contribution in [1.82, 2.24) is 10.6 Å². The molecule has 0 saturated heterocycles. The number of primary amides is 1. The first-order valence-corrected chi connectivity index (χ1v) is 14.1. The van der Waals surface area contributed by atoms with Crippen molar-refractivity contribution >= 4 is 23.7 Å². The van der Waals surface area contributed by atoms with Crippen LogP contribution in [0.15, 0.2) is 0 Å². The van der Waals surface area contributed by atoms with E-state index < -0.39 is 29.9 Å². The van der Waals surface area contributed by atoms with Gasteiger partial charge in [0, 0.05) is 12.8 Å². The van der Waals surface area contributed by atoms with Gasteiger partial charge in [-0.15, -0.1) is 0 Å². The molecule has 0 unspecified atom stereocenters. The molecule has 0 aromatic rings. The smallest absolute Gasteiger partial charge is 0.303 e. The van der Waals surface area contributed by atoms with Crippen LogP contribution in [-0.4, -0.2) is 47.4 Å². The standard InChI is InChI=1S/C27H52N4O5/c1-2-3-4-5-6-7-8-9-10-11-12-13-14-18-24(32)30-23(17-15-16-21-28)27(36)31-22(26(29)35)19-20-25(33)34/h22-23H,2-21,28H2,1H3,(H2,29,35)(H,30,32)(H,31,36)(H,33,34)/t22-,23-/m0/s1. The average Bonchev–Trinajstić information content (AvgIpc) is 2.83. The first kappa shape index (κ1) is 33.8. The summed E-state index contributed by atoms with van der Waals surface area (Å²) >= 11 is 0. The summed E-state index contributed by atoms with van der Waals surface area (Å²) in [6, 6.07) is -1.90. The minimum atomic E-state index is -1.09. The monoisotopic (exact) mass is 512 g/mol. The van der Waals surface area contributed by atoms with E-state index in [9.17, 15) is 19.2 Å². The second kappa shape index (κ2) is 23.3. The van der Waals surface area contributed by atoms with Crippen LogP contribution in [0.2, 0.25) is 0 Å². The highest BCUT2D eigenvalue weighted by Crippen LogP contribution is 2.13. The maximum Gasteiger partial charge on any atom is 0.303 e. The highest BCUT2D eigenvalue weighted by Gasteiger charge is 2.25. The predicted molar refractivity (Wildman–Crippen MR) is 143 cm³/mol. The number of carboxylic acids is 1. The van der Waals surface area contributed by atoms with Crippen LogP contribution < -0.4 is 22.1 Å². The minimum absolute atomic E-state index is 0.0984. The molecule has 0 fully saturated rings. The zero-order valence-electron chi connectivity index (χ0n) is 22.5. The third kappa shape index (κ3) is 20.1. The summed E-state index contributed by atoms with van der Waals surface area (Å²) in [5.41, 5.74) is 10.8. The van der Waals surface area contributed by atoms with Crippen molar-refractivity contribution in [1.29, 1.82) is 0 Å². The molecule has 0 saturated carbocycles. The Kier molecular flexibility index (Phi) is 21.9.